The second-order valence-corrected chi connectivity index (χ2v) is 8.18. The van der Waals surface area contributed by atoms with E-state index in [4.69, 9.17) is 0 Å². The van der Waals surface area contributed by atoms with Gasteiger partial charge in [-0.3, -0.25) is 0 Å². The van der Waals surface area contributed by atoms with Crippen molar-refractivity contribution in [2.24, 2.45) is 0 Å². The molecule has 0 unspecified atom stereocenters. The van der Waals surface area contributed by atoms with E-state index < -0.39 is 0 Å². The van der Waals surface area contributed by atoms with Crippen LogP contribution in [-0.4, -0.2) is 44.7 Å². The number of fused-ring (bicyclic) bond motifs is 2. The highest BCUT2D eigenvalue weighted by molar-refractivity contribution is 5.78. The first-order chi connectivity index (χ1) is 14.3. The second kappa shape index (κ2) is 7.57. The van der Waals surface area contributed by atoms with Crippen LogP contribution in [0.4, 0.5) is 17.1 Å². The first-order valence-corrected chi connectivity index (χ1v) is 10.7. The lowest BCUT2D eigenvalue weighted by Gasteiger charge is -2.37. The van der Waals surface area contributed by atoms with Crippen molar-refractivity contribution < 1.29 is 0 Å². The number of likely N-dealkylation sites (N-methyl/N-ethyl adjacent to an activating group) is 1. The molecule has 3 heteroatoms. The zero-order chi connectivity index (χ0) is 19.8. The van der Waals surface area contributed by atoms with E-state index in [0.717, 1.165) is 32.7 Å². The summed E-state index contributed by atoms with van der Waals surface area (Å²) in [5, 5.41) is 0. The van der Waals surface area contributed by atoms with E-state index in [1.54, 1.807) is 0 Å². The van der Waals surface area contributed by atoms with E-state index in [0.29, 0.717) is 0 Å². The Hall–Kier alpha value is -2.78. The van der Waals surface area contributed by atoms with Gasteiger partial charge in [0.25, 0.3) is 0 Å². The smallest absolute Gasteiger partial charge is 0.0452 e. The third-order valence-electron chi connectivity index (χ3n) is 6.49. The maximum absolute atomic E-state index is 2.51. The number of nitrogens with zero attached hydrogens (tertiary/aromatic N) is 3. The molecule has 1 fully saturated rings. The standard InChI is InChI=1S/C26H29N3/c1-3-29-24-10-6-4-8-22(24)26(23-9-5-7-11-25(23)29)20-12-14-21(15-13-20)28-18-16-27(2)17-19-28/h4-15,26H,3,16-19H2,1-2H3. The van der Waals surface area contributed by atoms with Gasteiger partial charge in [-0.25, -0.2) is 0 Å². The Kier molecular flexibility index (Phi) is 4.76. The van der Waals surface area contributed by atoms with Crippen molar-refractivity contribution in [2.45, 2.75) is 12.8 Å². The van der Waals surface area contributed by atoms with Gasteiger partial charge in [-0.05, 0) is 54.9 Å². The minimum atomic E-state index is 0.284. The van der Waals surface area contributed by atoms with Crippen LogP contribution in [0, 0.1) is 0 Å². The molecule has 5 rings (SSSR count). The second-order valence-electron chi connectivity index (χ2n) is 8.18. The summed E-state index contributed by atoms with van der Waals surface area (Å²) in [6.07, 6.45) is 0. The quantitative estimate of drug-likeness (QED) is 0.624. The number of hydrogen-bond donors (Lipinski definition) is 0. The molecule has 0 amide bonds. The van der Waals surface area contributed by atoms with Crippen molar-refractivity contribution in [1.82, 2.24) is 4.90 Å². The van der Waals surface area contributed by atoms with E-state index in [1.807, 2.05) is 0 Å². The van der Waals surface area contributed by atoms with Crippen molar-refractivity contribution in [3.8, 4) is 0 Å². The fourth-order valence-electron chi connectivity index (χ4n) is 4.89. The summed E-state index contributed by atoms with van der Waals surface area (Å²) >= 11 is 0. The Balaban J connectivity index is 1.54. The van der Waals surface area contributed by atoms with Gasteiger partial charge >= 0.3 is 0 Å². The molecule has 0 aliphatic carbocycles. The van der Waals surface area contributed by atoms with E-state index in [-0.39, 0.29) is 5.92 Å². The number of piperazine rings is 1. The van der Waals surface area contributed by atoms with Crippen LogP contribution in [0.25, 0.3) is 0 Å². The first-order valence-electron chi connectivity index (χ1n) is 10.7. The summed E-state index contributed by atoms with van der Waals surface area (Å²) < 4.78 is 0. The van der Waals surface area contributed by atoms with Gasteiger partial charge < -0.3 is 14.7 Å². The van der Waals surface area contributed by atoms with Crippen LogP contribution >= 0.6 is 0 Å². The zero-order valence-corrected chi connectivity index (χ0v) is 17.4. The molecular weight excluding hydrogens is 354 g/mol. The molecule has 3 aromatic rings. The van der Waals surface area contributed by atoms with E-state index in [9.17, 15) is 0 Å². The van der Waals surface area contributed by atoms with Gasteiger partial charge in [0.05, 0.1) is 0 Å². The highest BCUT2D eigenvalue weighted by Gasteiger charge is 2.30. The van der Waals surface area contributed by atoms with Crippen LogP contribution < -0.4 is 9.80 Å². The van der Waals surface area contributed by atoms with Gasteiger partial charge in [-0.1, -0.05) is 48.5 Å². The lowest BCUT2D eigenvalue weighted by atomic mass is 9.80. The zero-order valence-electron chi connectivity index (χ0n) is 17.4. The lowest BCUT2D eigenvalue weighted by Crippen LogP contribution is -2.44. The molecule has 0 saturated carbocycles. The lowest BCUT2D eigenvalue weighted by molar-refractivity contribution is 0.313. The molecule has 0 radical (unpaired) electrons. The molecule has 3 aromatic carbocycles. The van der Waals surface area contributed by atoms with Crippen molar-refractivity contribution >= 4 is 17.1 Å². The molecule has 2 aliphatic heterocycles. The highest BCUT2D eigenvalue weighted by Crippen LogP contribution is 2.48. The maximum atomic E-state index is 2.51. The van der Waals surface area contributed by atoms with Gasteiger partial charge in [-0.15, -0.1) is 0 Å². The van der Waals surface area contributed by atoms with Gasteiger partial charge in [0.2, 0.25) is 0 Å². The average molecular weight is 384 g/mol. The molecule has 29 heavy (non-hydrogen) atoms. The van der Waals surface area contributed by atoms with Crippen LogP contribution in [0.15, 0.2) is 72.8 Å². The van der Waals surface area contributed by atoms with Gasteiger partial charge in [-0.2, -0.15) is 0 Å². The van der Waals surface area contributed by atoms with Crippen molar-refractivity contribution in [1.29, 1.82) is 0 Å². The van der Waals surface area contributed by atoms with Gasteiger partial charge in [0.1, 0.15) is 0 Å². The predicted molar refractivity (Wildman–Crippen MR) is 123 cm³/mol. The number of anilines is 3. The predicted octanol–water partition coefficient (Wildman–Crippen LogP) is 5.09. The SMILES string of the molecule is CCN1c2ccccc2C(c2ccc(N3CCN(C)CC3)cc2)c2ccccc21. The number of rotatable bonds is 3. The first kappa shape index (κ1) is 18.3. The minimum absolute atomic E-state index is 0.284. The summed E-state index contributed by atoms with van der Waals surface area (Å²) in [7, 11) is 2.21. The van der Waals surface area contributed by atoms with E-state index >= 15 is 0 Å². The molecule has 2 heterocycles. The summed E-state index contributed by atoms with van der Waals surface area (Å²) in [4.78, 5) is 7.35. The third-order valence-corrected chi connectivity index (χ3v) is 6.49. The minimum Gasteiger partial charge on any atom is -0.369 e. The molecule has 0 bridgehead atoms. The van der Waals surface area contributed by atoms with Crippen LogP contribution in [0.3, 0.4) is 0 Å². The topological polar surface area (TPSA) is 9.72 Å². The molecule has 0 aromatic heterocycles. The Morgan fingerprint density at radius 3 is 1.83 bits per heavy atom. The van der Waals surface area contributed by atoms with Crippen molar-refractivity contribution in [2.75, 3.05) is 49.6 Å². The molecule has 2 aliphatic rings. The molecule has 148 valence electrons. The number of hydrogen-bond acceptors (Lipinski definition) is 3. The Bertz CT molecular complexity index is 939. The average Bonchev–Trinajstić information content (AvgIpc) is 2.78. The normalized spacial score (nSPS) is 17.2. The molecule has 1 saturated heterocycles. The van der Waals surface area contributed by atoms with Crippen LogP contribution in [0.5, 0.6) is 0 Å². The third kappa shape index (κ3) is 3.20. The van der Waals surface area contributed by atoms with Gasteiger partial charge in [0.15, 0.2) is 0 Å². The number of para-hydroxylation sites is 2. The molecule has 0 atom stereocenters. The molecular formula is C26H29N3. The molecule has 0 spiro atoms. The van der Waals surface area contributed by atoms with E-state index in [1.165, 1.54) is 33.8 Å². The fourth-order valence-corrected chi connectivity index (χ4v) is 4.89. The maximum Gasteiger partial charge on any atom is 0.0452 e. The molecule has 3 nitrogen and oxygen atoms in total. The summed E-state index contributed by atoms with van der Waals surface area (Å²) in [5.74, 6) is 0.284. The van der Waals surface area contributed by atoms with Crippen LogP contribution in [-0.2, 0) is 0 Å². The van der Waals surface area contributed by atoms with Crippen molar-refractivity contribution in [3.05, 3.63) is 89.5 Å². The Labute approximate surface area is 174 Å². The summed E-state index contributed by atoms with van der Waals surface area (Å²) in [5.41, 5.74) is 8.19. The van der Waals surface area contributed by atoms with Gasteiger partial charge in [0, 0.05) is 55.7 Å². The fraction of sp³-hybridized carbons (Fsp3) is 0.308. The number of benzene rings is 3. The largest absolute Gasteiger partial charge is 0.369 e. The summed E-state index contributed by atoms with van der Waals surface area (Å²) in [6, 6.07) is 27.1. The van der Waals surface area contributed by atoms with Crippen LogP contribution in [0.1, 0.15) is 29.5 Å². The summed E-state index contributed by atoms with van der Waals surface area (Å²) in [6.45, 7) is 7.70. The Morgan fingerprint density at radius 2 is 1.28 bits per heavy atom. The van der Waals surface area contributed by atoms with Crippen molar-refractivity contribution in [3.63, 3.8) is 0 Å². The Morgan fingerprint density at radius 1 is 0.724 bits per heavy atom. The highest BCUT2D eigenvalue weighted by atomic mass is 15.2. The van der Waals surface area contributed by atoms with E-state index in [2.05, 4.69) is 101 Å². The van der Waals surface area contributed by atoms with Crippen LogP contribution in [0.2, 0.25) is 0 Å². The molecule has 0 N–H and O–H groups in total. The monoisotopic (exact) mass is 383 g/mol.